The van der Waals surface area contributed by atoms with Crippen LogP contribution < -0.4 is 15.0 Å². The van der Waals surface area contributed by atoms with Crippen LogP contribution in [0.3, 0.4) is 0 Å². The first-order chi connectivity index (χ1) is 26.6. The molecule has 4 aromatic rings. The van der Waals surface area contributed by atoms with Gasteiger partial charge in [-0.15, -0.1) is 0 Å². The Morgan fingerprint density at radius 3 is 2.76 bits per heavy atom. The zero-order valence-electron chi connectivity index (χ0n) is 31.6. The summed E-state index contributed by atoms with van der Waals surface area (Å²) in [6.07, 6.45) is 14.0. The quantitative estimate of drug-likeness (QED) is 0.169. The Kier molecular flexibility index (Phi) is 10.9. The van der Waals surface area contributed by atoms with Crippen molar-refractivity contribution in [1.82, 2.24) is 19.7 Å². The third-order valence-electron chi connectivity index (χ3n) is 11.7. The van der Waals surface area contributed by atoms with Gasteiger partial charge in [0.2, 0.25) is 0 Å². The third kappa shape index (κ3) is 7.86. The first-order valence-electron chi connectivity index (χ1n) is 19.3. The van der Waals surface area contributed by atoms with Gasteiger partial charge < -0.3 is 32.8 Å². The molecule has 2 amide bonds. The highest BCUT2D eigenvalue weighted by Gasteiger charge is 2.38. The highest BCUT2D eigenvalue weighted by molar-refractivity contribution is 7.75. The van der Waals surface area contributed by atoms with Gasteiger partial charge in [0.15, 0.2) is 0 Å². The van der Waals surface area contributed by atoms with Crippen molar-refractivity contribution in [1.29, 1.82) is 0 Å². The number of nitrogens with one attached hydrogen (secondary N) is 1. The van der Waals surface area contributed by atoms with E-state index in [1.165, 1.54) is 11.1 Å². The van der Waals surface area contributed by atoms with Gasteiger partial charge in [-0.25, -0.2) is 0 Å². The Bertz CT molecular complexity index is 2220. The van der Waals surface area contributed by atoms with Crippen LogP contribution >= 0.6 is 11.6 Å². The van der Waals surface area contributed by atoms with E-state index in [0.717, 1.165) is 72.7 Å². The molecule has 2 aromatic heterocycles. The molecule has 8 rings (SSSR count). The lowest BCUT2D eigenvalue weighted by molar-refractivity contribution is 0.0133. The van der Waals surface area contributed by atoms with E-state index in [9.17, 15) is 13.8 Å². The number of benzene rings is 2. The number of aryl methyl sites for hydroxylation is 4. The Morgan fingerprint density at radius 1 is 1.07 bits per heavy atom. The van der Waals surface area contributed by atoms with Crippen molar-refractivity contribution in [2.75, 3.05) is 25.2 Å². The average molecular weight is 784 g/mol. The molecule has 2 aromatic carbocycles. The normalized spacial score (nSPS) is 25.1. The maximum Gasteiger partial charge on any atom is 0.254 e. The van der Waals surface area contributed by atoms with Gasteiger partial charge in [0, 0.05) is 68.8 Å². The summed E-state index contributed by atoms with van der Waals surface area (Å²) in [5, 5.41) is 7.37. The van der Waals surface area contributed by atoms with E-state index in [1.807, 2.05) is 50.6 Å². The second-order valence-electron chi connectivity index (χ2n) is 15.4. The topological polar surface area (TPSA) is 120 Å². The smallest absolute Gasteiger partial charge is 0.254 e. The van der Waals surface area contributed by atoms with Gasteiger partial charge >= 0.3 is 0 Å². The molecule has 1 aliphatic carbocycles. The number of anilines is 1. The molecule has 1 N–H and O–H groups in total. The van der Waals surface area contributed by atoms with Crippen LogP contribution in [0.5, 0.6) is 5.75 Å². The van der Waals surface area contributed by atoms with Crippen molar-refractivity contribution in [3.8, 4) is 17.0 Å². The van der Waals surface area contributed by atoms with Crippen molar-refractivity contribution in [2.45, 2.75) is 76.4 Å². The lowest BCUT2D eigenvalue weighted by atomic mass is 9.70. The number of ether oxygens (including phenoxy) is 2. The van der Waals surface area contributed by atoms with Crippen molar-refractivity contribution in [3.63, 3.8) is 0 Å². The minimum Gasteiger partial charge on any atom is -0.491 e. The fraction of sp³-hybridized carbons (Fsp3) is 0.452. The van der Waals surface area contributed by atoms with Crippen LogP contribution in [-0.2, 0) is 52.5 Å². The highest BCUT2D eigenvalue weighted by atomic mass is 35.5. The minimum absolute atomic E-state index is 0.106. The first kappa shape index (κ1) is 37.5. The molecule has 1 unspecified atom stereocenters. The van der Waals surface area contributed by atoms with E-state index in [0.29, 0.717) is 54.8 Å². The van der Waals surface area contributed by atoms with Crippen LogP contribution in [0.15, 0.2) is 71.4 Å². The number of allylic oxidation sites excluding steroid dienone is 1. The monoisotopic (exact) mass is 783 g/mol. The summed E-state index contributed by atoms with van der Waals surface area (Å²) in [5.41, 5.74) is 6.87. The largest absolute Gasteiger partial charge is 0.491 e. The number of fused-ring (bicyclic) bond motifs is 6. The number of amides is 2. The Morgan fingerprint density at radius 2 is 1.95 bits per heavy atom. The summed E-state index contributed by atoms with van der Waals surface area (Å²) in [6.45, 7) is 4.52. The Balaban J connectivity index is 1.16. The predicted octanol–water partition coefficient (Wildman–Crippen LogP) is 7.50. The van der Waals surface area contributed by atoms with Crippen LogP contribution in [0, 0.1) is 17.8 Å². The standard InChI is InChI=1S/C42H48ClN6O5S/c1-26-7-6-9-38(53-3)33-14-11-30(33)23-49-22-29-10-13-32(43)19-27(29)8-4-5-18-54-39-15-12-28(20-37(39)49)41(51)46-55(52)42(26)44-40(50)31-21-36-34-25-47(2)45-35(34)16-17-48(36)24-31/h6,9-10,12-13,15,19-21,24-26,30,33,38,42H,4-5,7-8,11,14,16-18,22-23H2,1-3H3,(H,44,50)/q-1/b9-6+/t26-,30-,33+,38-,42?/m0/s1. The number of nitrogens with zero attached hydrogens (tertiary/aromatic N) is 5. The fourth-order valence-corrected chi connectivity index (χ4v) is 9.83. The SMILES string of the molecule is CO[C@H]1/C=C/C[C@H](C)C(NC(=O)c2cc3n(c2)CCc2nn(C)cc2-3)[S-](=O)=NC(=O)c2ccc3c(c2)N(Cc2ccc(Cl)cc2CCCCO3)C[C@@H]2CC[C@H]21. The highest BCUT2D eigenvalue weighted by Crippen LogP contribution is 2.42. The number of hydrogen-bond donors (Lipinski definition) is 1. The fourth-order valence-electron chi connectivity index (χ4n) is 8.54. The molecule has 290 valence electrons. The molecule has 4 aliphatic rings. The molecule has 1 saturated carbocycles. The van der Waals surface area contributed by atoms with Gasteiger partial charge in [0.05, 0.1) is 35.3 Å². The number of halogens is 1. The van der Waals surface area contributed by atoms with Crippen LogP contribution in [0.2, 0.25) is 5.02 Å². The summed E-state index contributed by atoms with van der Waals surface area (Å²) in [5.74, 6) is 0.0376. The van der Waals surface area contributed by atoms with Gasteiger partial charge in [0.1, 0.15) is 5.75 Å². The maximum atomic E-state index is 14.2. The number of carbonyl (C=O) groups excluding carboxylic acids is 2. The summed E-state index contributed by atoms with van der Waals surface area (Å²) in [6, 6.07) is 13.3. The van der Waals surface area contributed by atoms with Gasteiger partial charge in [-0.05, 0) is 109 Å². The van der Waals surface area contributed by atoms with E-state index in [2.05, 4.69) is 48.5 Å². The zero-order valence-corrected chi connectivity index (χ0v) is 33.2. The third-order valence-corrected chi connectivity index (χ3v) is 13.3. The van der Waals surface area contributed by atoms with E-state index >= 15 is 0 Å². The molecule has 11 nitrogen and oxygen atoms in total. The maximum absolute atomic E-state index is 14.2. The lowest BCUT2D eigenvalue weighted by Crippen LogP contribution is -2.43. The van der Waals surface area contributed by atoms with Crippen molar-refractivity contribution in [2.24, 2.45) is 29.2 Å². The molecule has 13 heteroatoms. The molecule has 0 spiro atoms. The van der Waals surface area contributed by atoms with E-state index in [1.54, 1.807) is 17.9 Å². The van der Waals surface area contributed by atoms with Crippen molar-refractivity contribution >= 4 is 39.7 Å². The van der Waals surface area contributed by atoms with E-state index in [-0.39, 0.29) is 17.9 Å². The second-order valence-corrected chi connectivity index (χ2v) is 17.1. The molecule has 5 heterocycles. The molecule has 3 aliphatic heterocycles. The van der Waals surface area contributed by atoms with Gasteiger partial charge in [-0.2, -0.15) is 15.7 Å². The summed E-state index contributed by atoms with van der Waals surface area (Å²) in [7, 11) is 1.55. The first-order valence-corrected chi connectivity index (χ1v) is 20.9. The lowest BCUT2D eigenvalue weighted by Gasteiger charge is -2.43. The van der Waals surface area contributed by atoms with Crippen LogP contribution in [0.1, 0.15) is 76.6 Å². The molecule has 0 saturated heterocycles. The average Bonchev–Trinajstić information content (AvgIpc) is 3.77. The van der Waals surface area contributed by atoms with E-state index < -0.39 is 21.9 Å². The summed E-state index contributed by atoms with van der Waals surface area (Å²) >= 11 is 6.48. The molecule has 5 atom stereocenters. The molecule has 1 fully saturated rings. The Hall–Kier alpha value is -4.39. The van der Waals surface area contributed by atoms with Gasteiger partial charge in [0.25, 0.3) is 11.8 Å². The molecular weight excluding hydrogens is 736 g/mol. The number of aromatic nitrogens is 3. The van der Waals surface area contributed by atoms with Crippen LogP contribution in [0.25, 0.3) is 11.3 Å². The summed E-state index contributed by atoms with van der Waals surface area (Å²) in [4.78, 5) is 30.2. The van der Waals surface area contributed by atoms with Crippen LogP contribution in [-0.4, -0.2) is 57.9 Å². The molecule has 0 radical (unpaired) electrons. The molecular formula is C42H48ClN6O5S-. The number of rotatable bonds is 3. The number of carbonyl (C=O) groups is 2. The van der Waals surface area contributed by atoms with Gasteiger partial charge in [-0.3, -0.25) is 14.3 Å². The van der Waals surface area contributed by atoms with Crippen molar-refractivity contribution in [3.05, 3.63) is 100.0 Å². The van der Waals surface area contributed by atoms with Gasteiger partial charge in [-0.1, -0.05) is 36.7 Å². The van der Waals surface area contributed by atoms with E-state index in [4.69, 9.17) is 21.1 Å². The number of hydrogen-bond acceptors (Lipinski definition) is 8. The Labute approximate surface area is 329 Å². The minimum atomic E-state index is -2.10. The predicted molar refractivity (Wildman–Crippen MR) is 214 cm³/mol. The van der Waals surface area contributed by atoms with Crippen molar-refractivity contribution < 1.29 is 23.3 Å². The molecule has 55 heavy (non-hydrogen) atoms. The number of methoxy groups -OCH3 is 1. The summed E-state index contributed by atoms with van der Waals surface area (Å²) < 4.78 is 34.7. The zero-order chi connectivity index (χ0) is 38.2. The molecule has 2 bridgehead atoms. The van der Waals surface area contributed by atoms with Crippen LogP contribution in [0.4, 0.5) is 5.69 Å². The second kappa shape index (κ2) is 16.0.